The molecule has 22 heavy (non-hydrogen) atoms. The van der Waals surface area contributed by atoms with Gasteiger partial charge in [-0.15, -0.1) is 0 Å². The van der Waals surface area contributed by atoms with Gasteiger partial charge >= 0.3 is 15.6 Å². The van der Waals surface area contributed by atoms with E-state index in [1.807, 2.05) is 0 Å². The maximum Gasteiger partial charge on any atom is 0.534 e. The van der Waals surface area contributed by atoms with Gasteiger partial charge in [-0.3, -0.25) is 0 Å². The lowest BCUT2D eigenvalue weighted by Crippen LogP contribution is -2.28. The monoisotopic (exact) mass is 336 g/mol. The molecule has 0 aliphatic carbocycles. The molecule has 0 aromatic carbocycles. The van der Waals surface area contributed by atoms with Gasteiger partial charge < -0.3 is 9.50 Å². The number of fused-ring (bicyclic) bond motifs is 1. The van der Waals surface area contributed by atoms with Crippen molar-refractivity contribution in [1.29, 1.82) is 0 Å². The number of aryl methyl sites for hydroxylation is 1. The molecule has 0 amide bonds. The average Bonchev–Trinajstić information content (AvgIpc) is 2.44. The Balaban J connectivity index is 2.55. The number of nitrogens with zero attached hydrogens (tertiary/aromatic N) is 3. The molecule has 2 heterocycles. The minimum absolute atomic E-state index is 0.0427. The summed E-state index contributed by atoms with van der Waals surface area (Å²) in [5.74, 6) is -0.216. The lowest BCUT2D eigenvalue weighted by molar-refractivity contribution is -0.0500. The second kappa shape index (κ2) is 5.55. The first-order chi connectivity index (χ1) is 10.2. The molecule has 2 aromatic heterocycles. The van der Waals surface area contributed by atoms with Crippen molar-refractivity contribution in [2.75, 3.05) is 12.4 Å². The van der Waals surface area contributed by atoms with Crippen LogP contribution in [0.15, 0.2) is 12.3 Å². The van der Waals surface area contributed by atoms with E-state index in [9.17, 15) is 21.6 Å². The molecule has 7 nitrogen and oxygen atoms in total. The first kappa shape index (κ1) is 16.2. The highest BCUT2D eigenvalue weighted by atomic mass is 32.2. The molecule has 0 aliphatic rings. The van der Waals surface area contributed by atoms with Crippen molar-refractivity contribution >= 4 is 27.1 Å². The number of rotatable bonds is 4. The van der Waals surface area contributed by atoms with Crippen LogP contribution >= 0.6 is 0 Å². The van der Waals surface area contributed by atoms with E-state index in [1.54, 1.807) is 14.0 Å². The van der Waals surface area contributed by atoms with Crippen LogP contribution in [-0.2, 0) is 16.5 Å². The molecule has 1 N–H and O–H groups in total. The van der Waals surface area contributed by atoms with Crippen molar-refractivity contribution in [3.63, 3.8) is 0 Å². The van der Waals surface area contributed by atoms with E-state index in [-0.39, 0.29) is 29.1 Å². The fraction of sp³-hybridized carbons (Fsp3) is 0.364. The Labute approximate surface area is 123 Å². The molecule has 0 fully saturated rings. The van der Waals surface area contributed by atoms with E-state index in [0.29, 0.717) is 0 Å². The molecular weight excluding hydrogens is 325 g/mol. The van der Waals surface area contributed by atoms with Crippen LogP contribution in [0.5, 0.6) is 5.75 Å². The zero-order valence-electron chi connectivity index (χ0n) is 11.5. The van der Waals surface area contributed by atoms with Crippen molar-refractivity contribution in [2.45, 2.75) is 18.9 Å². The molecule has 0 saturated carbocycles. The molecule has 0 radical (unpaired) electrons. The zero-order chi connectivity index (χ0) is 16.5. The molecule has 2 aromatic rings. The van der Waals surface area contributed by atoms with E-state index < -0.39 is 21.4 Å². The third-order valence-corrected chi connectivity index (χ3v) is 3.62. The van der Waals surface area contributed by atoms with E-state index in [0.717, 1.165) is 6.07 Å². The van der Waals surface area contributed by atoms with Gasteiger partial charge in [-0.1, -0.05) is 6.92 Å². The number of hydrogen-bond donors (Lipinski definition) is 1. The van der Waals surface area contributed by atoms with E-state index in [2.05, 4.69) is 24.5 Å². The highest BCUT2D eigenvalue weighted by Crippen LogP contribution is 2.30. The average molecular weight is 336 g/mol. The number of pyridine rings is 1. The fourth-order valence-electron chi connectivity index (χ4n) is 1.59. The molecule has 2 rings (SSSR count). The minimum atomic E-state index is -5.76. The smallest absolute Gasteiger partial charge is 0.374 e. The van der Waals surface area contributed by atoms with E-state index in [4.69, 9.17) is 0 Å². The van der Waals surface area contributed by atoms with Crippen LogP contribution in [0, 0.1) is 0 Å². The van der Waals surface area contributed by atoms with Crippen LogP contribution in [0.4, 0.5) is 19.1 Å². The first-order valence-corrected chi connectivity index (χ1v) is 7.44. The lowest BCUT2D eigenvalue weighted by atomic mass is 10.2. The number of nitrogens with one attached hydrogen (secondary N) is 1. The van der Waals surface area contributed by atoms with Crippen molar-refractivity contribution in [1.82, 2.24) is 15.0 Å². The van der Waals surface area contributed by atoms with Crippen LogP contribution in [0.1, 0.15) is 12.6 Å². The molecule has 0 spiro atoms. The largest absolute Gasteiger partial charge is 0.534 e. The number of anilines is 1. The van der Waals surface area contributed by atoms with Crippen LogP contribution in [0.2, 0.25) is 0 Å². The quantitative estimate of drug-likeness (QED) is 0.672. The van der Waals surface area contributed by atoms with Gasteiger partial charge in [-0.25, -0.2) is 9.97 Å². The van der Waals surface area contributed by atoms with Gasteiger partial charge in [0, 0.05) is 18.6 Å². The maximum atomic E-state index is 12.4. The summed E-state index contributed by atoms with van der Waals surface area (Å²) in [7, 11) is -4.17. The van der Waals surface area contributed by atoms with Gasteiger partial charge in [0.1, 0.15) is 0 Å². The molecule has 11 heteroatoms. The topological polar surface area (TPSA) is 94.1 Å². The van der Waals surface area contributed by atoms with Crippen LogP contribution < -0.4 is 9.50 Å². The van der Waals surface area contributed by atoms with Crippen molar-refractivity contribution in [3.8, 4) is 5.75 Å². The van der Waals surface area contributed by atoms with Crippen molar-refractivity contribution in [3.05, 3.63) is 18.0 Å². The normalized spacial score (nSPS) is 12.4. The second-order valence-corrected chi connectivity index (χ2v) is 5.66. The van der Waals surface area contributed by atoms with Crippen molar-refractivity contribution in [2.24, 2.45) is 0 Å². The predicted molar refractivity (Wildman–Crippen MR) is 71.9 cm³/mol. The minimum Gasteiger partial charge on any atom is -0.374 e. The third-order valence-electron chi connectivity index (χ3n) is 2.65. The summed E-state index contributed by atoms with van der Waals surface area (Å²) in [5.41, 5.74) is -5.26. The van der Waals surface area contributed by atoms with Crippen LogP contribution in [0.25, 0.3) is 11.0 Å². The third kappa shape index (κ3) is 3.03. The summed E-state index contributed by atoms with van der Waals surface area (Å²) in [6.07, 6.45) is 1.46. The standard InChI is InChI=1S/C11H11F3N4O3S/c1-3-7-8(21-22(19,20)11(12,13)14)4-6-5-16-10(15-2)18-9(6)17-7/h4-5H,3H2,1-2H3,(H,15,16,17,18). The Morgan fingerprint density at radius 1 is 1.32 bits per heavy atom. The van der Waals surface area contributed by atoms with Gasteiger partial charge in [0.2, 0.25) is 5.95 Å². The zero-order valence-corrected chi connectivity index (χ0v) is 12.3. The number of alkyl halides is 3. The van der Waals surface area contributed by atoms with E-state index >= 15 is 0 Å². The second-order valence-electron chi connectivity index (χ2n) is 4.13. The number of aromatic nitrogens is 3. The van der Waals surface area contributed by atoms with Gasteiger partial charge in [-0.2, -0.15) is 26.6 Å². The molecular formula is C11H11F3N4O3S. The Kier molecular flexibility index (Phi) is 4.09. The highest BCUT2D eigenvalue weighted by molar-refractivity contribution is 7.88. The Hall–Kier alpha value is -2.17. The molecule has 0 unspecified atom stereocenters. The van der Waals surface area contributed by atoms with Crippen molar-refractivity contribution < 1.29 is 25.8 Å². The summed E-state index contributed by atoms with van der Waals surface area (Å²) in [6.45, 7) is 1.60. The Morgan fingerprint density at radius 3 is 2.55 bits per heavy atom. The molecule has 120 valence electrons. The lowest BCUT2D eigenvalue weighted by Gasteiger charge is -2.12. The Bertz CT molecular complexity index is 808. The fourth-order valence-corrected chi connectivity index (χ4v) is 2.07. The highest BCUT2D eigenvalue weighted by Gasteiger charge is 2.48. The molecule has 0 bridgehead atoms. The summed E-state index contributed by atoms with van der Waals surface area (Å²) in [6, 6.07) is 1.11. The summed E-state index contributed by atoms with van der Waals surface area (Å²) < 4.78 is 63.6. The first-order valence-electron chi connectivity index (χ1n) is 6.03. The number of halogens is 3. The van der Waals surface area contributed by atoms with Gasteiger partial charge in [0.05, 0.1) is 5.69 Å². The summed E-state index contributed by atoms with van der Waals surface area (Å²) in [5, 5.41) is 2.94. The molecule has 0 aliphatic heterocycles. The van der Waals surface area contributed by atoms with Gasteiger partial charge in [-0.05, 0) is 12.5 Å². The SMILES string of the molecule is CCc1nc2nc(NC)ncc2cc1OS(=O)(=O)C(F)(F)F. The summed E-state index contributed by atoms with van der Waals surface area (Å²) in [4.78, 5) is 11.9. The van der Waals surface area contributed by atoms with Crippen LogP contribution in [-0.4, -0.2) is 35.9 Å². The van der Waals surface area contributed by atoms with Crippen LogP contribution in [0.3, 0.4) is 0 Å². The predicted octanol–water partition coefficient (Wildman–Crippen LogP) is 1.86. The molecule has 0 saturated heterocycles. The Morgan fingerprint density at radius 2 is 2.00 bits per heavy atom. The summed E-state index contributed by atoms with van der Waals surface area (Å²) >= 11 is 0. The van der Waals surface area contributed by atoms with E-state index in [1.165, 1.54) is 6.20 Å². The maximum absolute atomic E-state index is 12.4. The number of hydrogen-bond acceptors (Lipinski definition) is 7. The van der Waals surface area contributed by atoms with Gasteiger partial charge in [0.25, 0.3) is 0 Å². The van der Waals surface area contributed by atoms with Gasteiger partial charge in [0.15, 0.2) is 11.4 Å². The molecule has 0 atom stereocenters.